The number of anilines is 1. The number of nitrogen functional groups attached to an aromatic ring is 1. The molecule has 0 aliphatic heterocycles. The maximum Gasteiger partial charge on any atom is 0.184 e. The second-order valence-corrected chi connectivity index (χ2v) is 7.12. The molecule has 0 heterocycles. The standard InChI is InChI=1S/C16H19NO3S/c1-11-6-12(2)8-13(7-11)10-21(18,19)16-9-14(20-3)4-5-15(16)17/h4-9H,10,17H2,1-3H3. The molecule has 21 heavy (non-hydrogen) atoms. The highest BCUT2D eigenvalue weighted by Gasteiger charge is 2.19. The van der Waals surface area contributed by atoms with Gasteiger partial charge in [0.1, 0.15) is 5.75 Å². The fraction of sp³-hybridized carbons (Fsp3) is 0.250. The third-order valence-electron chi connectivity index (χ3n) is 3.19. The summed E-state index contributed by atoms with van der Waals surface area (Å²) in [7, 11) is -2.02. The zero-order chi connectivity index (χ0) is 15.6. The number of hydrogen-bond donors (Lipinski definition) is 1. The van der Waals surface area contributed by atoms with E-state index in [2.05, 4.69) is 0 Å². The van der Waals surface area contributed by atoms with Crippen molar-refractivity contribution < 1.29 is 13.2 Å². The SMILES string of the molecule is COc1ccc(N)c(S(=O)(=O)Cc2cc(C)cc(C)c2)c1. The van der Waals surface area contributed by atoms with Gasteiger partial charge in [-0.1, -0.05) is 29.3 Å². The van der Waals surface area contributed by atoms with Crippen molar-refractivity contribution in [3.63, 3.8) is 0 Å². The number of rotatable bonds is 4. The van der Waals surface area contributed by atoms with E-state index >= 15 is 0 Å². The average molecular weight is 305 g/mol. The maximum absolute atomic E-state index is 12.6. The normalized spacial score (nSPS) is 11.4. The van der Waals surface area contributed by atoms with Crippen LogP contribution in [0.15, 0.2) is 41.3 Å². The topological polar surface area (TPSA) is 69.4 Å². The van der Waals surface area contributed by atoms with Gasteiger partial charge in [-0.3, -0.25) is 0 Å². The lowest BCUT2D eigenvalue weighted by Crippen LogP contribution is -2.08. The molecule has 0 spiro atoms. The Balaban J connectivity index is 2.42. The van der Waals surface area contributed by atoms with E-state index in [9.17, 15) is 8.42 Å². The van der Waals surface area contributed by atoms with Gasteiger partial charge in [0.15, 0.2) is 9.84 Å². The van der Waals surface area contributed by atoms with Crippen LogP contribution in [0.3, 0.4) is 0 Å². The summed E-state index contributed by atoms with van der Waals surface area (Å²) in [5.41, 5.74) is 8.89. The molecule has 4 nitrogen and oxygen atoms in total. The van der Waals surface area contributed by atoms with E-state index < -0.39 is 9.84 Å². The number of benzene rings is 2. The summed E-state index contributed by atoms with van der Waals surface area (Å²) in [4.78, 5) is 0.112. The molecule has 0 amide bonds. The summed E-state index contributed by atoms with van der Waals surface area (Å²) < 4.78 is 30.2. The molecule has 2 aromatic rings. The van der Waals surface area contributed by atoms with E-state index in [1.54, 1.807) is 12.1 Å². The van der Waals surface area contributed by atoms with E-state index in [0.29, 0.717) is 5.75 Å². The van der Waals surface area contributed by atoms with Crippen molar-refractivity contribution in [1.82, 2.24) is 0 Å². The Morgan fingerprint density at radius 3 is 2.24 bits per heavy atom. The number of ether oxygens (including phenoxy) is 1. The van der Waals surface area contributed by atoms with Crippen LogP contribution < -0.4 is 10.5 Å². The lowest BCUT2D eigenvalue weighted by atomic mass is 10.1. The van der Waals surface area contributed by atoms with Crippen molar-refractivity contribution in [1.29, 1.82) is 0 Å². The summed E-state index contributed by atoms with van der Waals surface area (Å²) in [5.74, 6) is 0.399. The molecule has 0 aliphatic carbocycles. The molecule has 2 rings (SSSR count). The Morgan fingerprint density at radius 1 is 1.05 bits per heavy atom. The van der Waals surface area contributed by atoms with Gasteiger partial charge in [-0.15, -0.1) is 0 Å². The lowest BCUT2D eigenvalue weighted by Gasteiger charge is -2.10. The molecule has 0 aliphatic rings. The van der Waals surface area contributed by atoms with E-state index in [1.165, 1.54) is 13.2 Å². The second kappa shape index (κ2) is 5.77. The molecular formula is C16H19NO3S. The first kappa shape index (κ1) is 15.4. The zero-order valence-corrected chi connectivity index (χ0v) is 13.2. The minimum atomic E-state index is -3.52. The summed E-state index contributed by atoms with van der Waals surface area (Å²) in [6.45, 7) is 3.89. The Bertz CT molecular complexity index is 747. The van der Waals surface area contributed by atoms with Crippen LogP contribution in [0.5, 0.6) is 5.75 Å². The molecular weight excluding hydrogens is 286 g/mol. The van der Waals surface area contributed by atoms with Crippen molar-refractivity contribution in [3.8, 4) is 5.75 Å². The Hall–Kier alpha value is -2.01. The van der Waals surface area contributed by atoms with Crippen LogP contribution in [0.2, 0.25) is 0 Å². The third-order valence-corrected chi connectivity index (χ3v) is 4.93. The number of nitrogens with two attached hydrogens (primary N) is 1. The zero-order valence-electron chi connectivity index (χ0n) is 12.4. The quantitative estimate of drug-likeness (QED) is 0.882. The number of sulfone groups is 1. The molecule has 0 atom stereocenters. The van der Waals surface area contributed by atoms with Gasteiger partial charge in [0.25, 0.3) is 0 Å². The molecule has 0 saturated carbocycles. The van der Waals surface area contributed by atoms with Crippen molar-refractivity contribution in [2.45, 2.75) is 24.5 Å². The van der Waals surface area contributed by atoms with Gasteiger partial charge in [-0.25, -0.2) is 8.42 Å². The van der Waals surface area contributed by atoms with E-state index in [4.69, 9.17) is 10.5 Å². The summed E-state index contributed by atoms with van der Waals surface area (Å²) in [5, 5.41) is 0. The highest BCUT2D eigenvalue weighted by Crippen LogP contribution is 2.27. The van der Waals surface area contributed by atoms with E-state index in [1.807, 2.05) is 32.0 Å². The molecule has 0 saturated heterocycles. The number of aryl methyl sites for hydroxylation is 2. The highest BCUT2D eigenvalue weighted by molar-refractivity contribution is 7.90. The van der Waals surface area contributed by atoms with Crippen LogP contribution in [-0.4, -0.2) is 15.5 Å². The molecule has 2 aromatic carbocycles. The van der Waals surface area contributed by atoms with Gasteiger partial charge in [-0.05, 0) is 31.5 Å². The highest BCUT2D eigenvalue weighted by atomic mass is 32.2. The van der Waals surface area contributed by atoms with Crippen molar-refractivity contribution in [2.24, 2.45) is 0 Å². The summed E-state index contributed by atoms with van der Waals surface area (Å²) >= 11 is 0. The summed E-state index contributed by atoms with van der Waals surface area (Å²) in [6, 6.07) is 10.4. The van der Waals surface area contributed by atoms with Gasteiger partial charge in [-0.2, -0.15) is 0 Å². The van der Waals surface area contributed by atoms with Crippen molar-refractivity contribution in [2.75, 3.05) is 12.8 Å². The molecule has 112 valence electrons. The van der Waals surface area contributed by atoms with Crippen LogP contribution in [0.25, 0.3) is 0 Å². The fourth-order valence-electron chi connectivity index (χ4n) is 2.36. The predicted octanol–water partition coefficient (Wildman–Crippen LogP) is 2.87. The first-order valence-corrected chi connectivity index (χ1v) is 8.20. The molecule has 0 radical (unpaired) electrons. The number of methoxy groups -OCH3 is 1. The minimum absolute atomic E-state index is 0.0765. The first-order valence-electron chi connectivity index (χ1n) is 6.55. The van der Waals surface area contributed by atoms with E-state index in [-0.39, 0.29) is 16.3 Å². The van der Waals surface area contributed by atoms with Gasteiger partial charge >= 0.3 is 0 Å². The fourth-order valence-corrected chi connectivity index (χ4v) is 3.84. The number of hydrogen-bond acceptors (Lipinski definition) is 4. The van der Waals surface area contributed by atoms with Crippen molar-refractivity contribution >= 4 is 15.5 Å². The van der Waals surface area contributed by atoms with Crippen LogP contribution in [0.1, 0.15) is 16.7 Å². The second-order valence-electron chi connectivity index (χ2n) is 5.16. The molecule has 2 N–H and O–H groups in total. The Kier molecular flexibility index (Phi) is 4.23. The molecule has 5 heteroatoms. The molecule has 0 unspecified atom stereocenters. The largest absolute Gasteiger partial charge is 0.497 e. The van der Waals surface area contributed by atoms with Gasteiger partial charge in [0, 0.05) is 6.07 Å². The third kappa shape index (κ3) is 3.55. The monoisotopic (exact) mass is 305 g/mol. The maximum atomic E-state index is 12.6. The van der Waals surface area contributed by atoms with Crippen LogP contribution in [-0.2, 0) is 15.6 Å². The summed E-state index contributed by atoms with van der Waals surface area (Å²) in [6.07, 6.45) is 0. The molecule has 0 bridgehead atoms. The van der Waals surface area contributed by atoms with Gasteiger partial charge in [0.05, 0.1) is 23.4 Å². The lowest BCUT2D eigenvalue weighted by molar-refractivity contribution is 0.413. The first-order chi connectivity index (χ1) is 9.81. The minimum Gasteiger partial charge on any atom is -0.497 e. The van der Waals surface area contributed by atoms with Crippen LogP contribution in [0.4, 0.5) is 5.69 Å². The molecule has 0 aromatic heterocycles. The smallest absolute Gasteiger partial charge is 0.184 e. The Morgan fingerprint density at radius 2 is 1.67 bits per heavy atom. The molecule has 0 fully saturated rings. The van der Waals surface area contributed by atoms with Crippen LogP contribution >= 0.6 is 0 Å². The van der Waals surface area contributed by atoms with Gasteiger partial charge < -0.3 is 10.5 Å². The Labute approximate surface area is 125 Å². The van der Waals surface area contributed by atoms with Crippen molar-refractivity contribution in [3.05, 3.63) is 53.1 Å². The van der Waals surface area contributed by atoms with E-state index in [0.717, 1.165) is 16.7 Å². The average Bonchev–Trinajstić information content (AvgIpc) is 2.37. The predicted molar refractivity (Wildman–Crippen MR) is 84.2 cm³/mol. The van der Waals surface area contributed by atoms with Gasteiger partial charge in [0.2, 0.25) is 0 Å². The van der Waals surface area contributed by atoms with Crippen LogP contribution in [0, 0.1) is 13.8 Å².